The maximum absolute atomic E-state index is 12.3. The third-order valence-electron chi connectivity index (χ3n) is 3.82. The van der Waals surface area contributed by atoms with E-state index in [-0.39, 0.29) is 11.9 Å². The standard InChI is InChI=1S/C17H21N3O2S/c1-20(16(21)9-14-11-22-8-7-18-14)10-15-12-23-17(19-15)13-5-3-2-4-6-13/h2-6,12,14,18H,7-11H2,1H3/t14-/m0/s1. The Hall–Kier alpha value is -1.76. The number of morpholine rings is 1. The summed E-state index contributed by atoms with van der Waals surface area (Å²) >= 11 is 1.61. The Kier molecular flexibility index (Phi) is 5.38. The van der Waals surface area contributed by atoms with Crippen molar-refractivity contribution in [2.24, 2.45) is 0 Å². The highest BCUT2D eigenvalue weighted by Crippen LogP contribution is 2.23. The summed E-state index contributed by atoms with van der Waals surface area (Å²) in [7, 11) is 1.83. The minimum atomic E-state index is 0.113. The fourth-order valence-corrected chi connectivity index (χ4v) is 3.36. The second-order valence-corrected chi connectivity index (χ2v) is 6.55. The molecule has 23 heavy (non-hydrogen) atoms. The summed E-state index contributed by atoms with van der Waals surface area (Å²) < 4.78 is 5.39. The first-order chi connectivity index (χ1) is 11.2. The van der Waals surface area contributed by atoms with Crippen molar-refractivity contribution in [1.82, 2.24) is 15.2 Å². The molecular weight excluding hydrogens is 310 g/mol. The van der Waals surface area contributed by atoms with Gasteiger partial charge in [0.25, 0.3) is 0 Å². The number of amides is 1. The number of hydrogen-bond acceptors (Lipinski definition) is 5. The van der Waals surface area contributed by atoms with Crippen molar-refractivity contribution >= 4 is 17.2 Å². The first-order valence-electron chi connectivity index (χ1n) is 7.77. The molecule has 0 radical (unpaired) electrons. The zero-order valence-corrected chi connectivity index (χ0v) is 14.0. The summed E-state index contributed by atoms with van der Waals surface area (Å²) in [6, 6.07) is 10.2. The minimum absolute atomic E-state index is 0.113. The van der Waals surface area contributed by atoms with Crippen molar-refractivity contribution in [3.63, 3.8) is 0 Å². The van der Waals surface area contributed by atoms with E-state index < -0.39 is 0 Å². The van der Waals surface area contributed by atoms with Crippen LogP contribution >= 0.6 is 11.3 Å². The fraction of sp³-hybridized carbons (Fsp3) is 0.412. The van der Waals surface area contributed by atoms with Crippen LogP contribution in [0.25, 0.3) is 10.6 Å². The van der Waals surface area contributed by atoms with Gasteiger partial charge in [0.05, 0.1) is 25.5 Å². The zero-order valence-electron chi connectivity index (χ0n) is 13.2. The second kappa shape index (κ2) is 7.68. The normalized spacial score (nSPS) is 17.9. The largest absolute Gasteiger partial charge is 0.378 e. The van der Waals surface area contributed by atoms with E-state index in [0.717, 1.165) is 29.4 Å². The number of benzene rings is 1. The first-order valence-corrected chi connectivity index (χ1v) is 8.65. The molecule has 1 N–H and O–H groups in total. The number of carbonyl (C=O) groups is 1. The number of nitrogens with one attached hydrogen (secondary N) is 1. The predicted octanol–water partition coefficient (Wildman–Crippen LogP) is 2.15. The Morgan fingerprint density at radius 2 is 2.26 bits per heavy atom. The Morgan fingerprint density at radius 1 is 1.43 bits per heavy atom. The third-order valence-corrected chi connectivity index (χ3v) is 4.76. The third kappa shape index (κ3) is 4.37. The lowest BCUT2D eigenvalue weighted by Crippen LogP contribution is -2.44. The molecule has 1 saturated heterocycles. The molecule has 0 spiro atoms. The van der Waals surface area contributed by atoms with Gasteiger partial charge in [0.15, 0.2) is 0 Å². The molecule has 122 valence electrons. The van der Waals surface area contributed by atoms with Crippen molar-refractivity contribution in [3.8, 4) is 10.6 Å². The van der Waals surface area contributed by atoms with E-state index in [1.165, 1.54) is 0 Å². The molecule has 0 saturated carbocycles. The quantitative estimate of drug-likeness (QED) is 0.912. The maximum Gasteiger partial charge on any atom is 0.224 e. The summed E-state index contributed by atoms with van der Waals surface area (Å²) in [5.41, 5.74) is 2.04. The lowest BCUT2D eigenvalue weighted by Gasteiger charge is -2.25. The molecule has 0 aliphatic carbocycles. The molecule has 1 aliphatic heterocycles. The number of thiazole rings is 1. The molecule has 6 heteroatoms. The summed E-state index contributed by atoms with van der Waals surface area (Å²) in [6.07, 6.45) is 0.464. The zero-order chi connectivity index (χ0) is 16.1. The topological polar surface area (TPSA) is 54.5 Å². The summed E-state index contributed by atoms with van der Waals surface area (Å²) in [6.45, 7) is 2.68. The van der Waals surface area contributed by atoms with Crippen LogP contribution in [0.2, 0.25) is 0 Å². The van der Waals surface area contributed by atoms with Crippen LogP contribution in [0, 0.1) is 0 Å². The molecule has 1 aliphatic rings. The smallest absolute Gasteiger partial charge is 0.224 e. The molecule has 0 bridgehead atoms. The highest BCUT2D eigenvalue weighted by Gasteiger charge is 2.19. The van der Waals surface area contributed by atoms with Gasteiger partial charge < -0.3 is 15.0 Å². The molecule has 1 fully saturated rings. The monoisotopic (exact) mass is 331 g/mol. The summed E-state index contributed by atoms with van der Waals surface area (Å²) in [4.78, 5) is 18.7. The average molecular weight is 331 g/mol. The van der Waals surface area contributed by atoms with E-state index in [0.29, 0.717) is 19.6 Å². The second-order valence-electron chi connectivity index (χ2n) is 5.69. The van der Waals surface area contributed by atoms with E-state index in [2.05, 4.69) is 10.3 Å². The highest BCUT2D eigenvalue weighted by molar-refractivity contribution is 7.13. The number of hydrogen-bond donors (Lipinski definition) is 1. The molecule has 0 unspecified atom stereocenters. The van der Waals surface area contributed by atoms with Gasteiger partial charge in [-0.2, -0.15) is 0 Å². The molecule has 1 amide bonds. The molecular formula is C17H21N3O2S. The highest BCUT2D eigenvalue weighted by atomic mass is 32.1. The average Bonchev–Trinajstić information content (AvgIpc) is 3.05. The van der Waals surface area contributed by atoms with Crippen molar-refractivity contribution in [2.45, 2.75) is 19.0 Å². The van der Waals surface area contributed by atoms with Gasteiger partial charge in [0.2, 0.25) is 5.91 Å². The van der Waals surface area contributed by atoms with Crippen molar-refractivity contribution in [3.05, 3.63) is 41.4 Å². The van der Waals surface area contributed by atoms with Crippen LogP contribution in [-0.2, 0) is 16.1 Å². The van der Waals surface area contributed by atoms with Crippen LogP contribution in [0.5, 0.6) is 0 Å². The van der Waals surface area contributed by atoms with Gasteiger partial charge in [-0.1, -0.05) is 30.3 Å². The fourth-order valence-electron chi connectivity index (χ4n) is 2.54. The van der Waals surface area contributed by atoms with E-state index in [1.807, 2.05) is 42.8 Å². The van der Waals surface area contributed by atoms with Gasteiger partial charge in [0, 0.05) is 37.0 Å². The molecule has 1 aromatic heterocycles. The predicted molar refractivity (Wildman–Crippen MR) is 91.3 cm³/mol. The lowest BCUT2D eigenvalue weighted by molar-refractivity contribution is -0.131. The lowest BCUT2D eigenvalue weighted by atomic mass is 10.2. The van der Waals surface area contributed by atoms with E-state index in [1.54, 1.807) is 16.2 Å². The summed E-state index contributed by atoms with van der Waals surface area (Å²) in [5, 5.41) is 6.32. The number of nitrogens with zero attached hydrogens (tertiary/aromatic N) is 2. The van der Waals surface area contributed by atoms with Crippen molar-refractivity contribution in [2.75, 3.05) is 26.8 Å². The molecule has 2 heterocycles. The van der Waals surface area contributed by atoms with E-state index in [9.17, 15) is 4.79 Å². The number of aromatic nitrogens is 1. The van der Waals surface area contributed by atoms with E-state index in [4.69, 9.17) is 4.74 Å². The molecule has 5 nitrogen and oxygen atoms in total. The van der Waals surface area contributed by atoms with Gasteiger partial charge in [-0.3, -0.25) is 4.79 Å². The van der Waals surface area contributed by atoms with Crippen molar-refractivity contribution < 1.29 is 9.53 Å². The van der Waals surface area contributed by atoms with Crippen LogP contribution in [-0.4, -0.2) is 48.6 Å². The van der Waals surface area contributed by atoms with Gasteiger partial charge in [0.1, 0.15) is 5.01 Å². The Bertz CT molecular complexity index is 638. The Balaban J connectivity index is 1.56. The number of ether oxygens (including phenoxy) is 1. The first kappa shape index (κ1) is 16.1. The van der Waals surface area contributed by atoms with Gasteiger partial charge in [-0.15, -0.1) is 11.3 Å². The van der Waals surface area contributed by atoms with Crippen LogP contribution < -0.4 is 5.32 Å². The SMILES string of the molecule is CN(Cc1csc(-c2ccccc2)n1)C(=O)C[C@H]1COCCN1. The van der Waals surface area contributed by atoms with E-state index >= 15 is 0 Å². The Morgan fingerprint density at radius 3 is 3.00 bits per heavy atom. The minimum Gasteiger partial charge on any atom is -0.378 e. The van der Waals surface area contributed by atoms with Crippen LogP contribution in [0.15, 0.2) is 35.7 Å². The van der Waals surface area contributed by atoms with Gasteiger partial charge in [-0.05, 0) is 0 Å². The Labute approximate surface area is 140 Å². The molecule has 3 rings (SSSR count). The number of carbonyl (C=O) groups excluding carboxylic acids is 1. The summed E-state index contributed by atoms with van der Waals surface area (Å²) in [5.74, 6) is 0.113. The molecule has 1 atom stereocenters. The van der Waals surface area contributed by atoms with Crippen molar-refractivity contribution in [1.29, 1.82) is 0 Å². The van der Waals surface area contributed by atoms with Crippen LogP contribution in [0.3, 0.4) is 0 Å². The van der Waals surface area contributed by atoms with Crippen LogP contribution in [0.1, 0.15) is 12.1 Å². The molecule has 1 aromatic carbocycles. The molecule has 2 aromatic rings. The van der Waals surface area contributed by atoms with Gasteiger partial charge >= 0.3 is 0 Å². The van der Waals surface area contributed by atoms with Crippen LogP contribution in [0.4, 0.5) is 0 Å². The maximum atomic E-state index is 12.3. The van der Waals surface area contributed by atoms with Gasteiger partial charge in [-0.25, -0.2) is 4.98 Å². The number of rotatable bonds is 5.